The van der Waals surface area contributed by atoms with Crippen LogP contribution in [-0.4, -0.2) is 23.3 Å². The average molecular weight is 237 g/mol. The van der Waals surface area contributed by atoms with E-state index in [0.29, 0.717) is 12.4 Å². The summed E-state index contributed by atoms with van der Waals surface area (Å²) in [6.45, 7) is 1.52. The van der Waals surface area contributed by atoms with Crippen molar-refractivity contribution in [2.75, 3.05) is 13.2 Å². The summed E-state index contributed by atoms with van der Waals surface area (Å²) < 4.78 is 10.9. The minimum Gasteiger partial charge on any atom is -0.370 e. The minimum atomic E-state index is 0.0442. The van der Waals surface area contributed by atoms with Crippen LogP contribution in [0.2, 0.25) is 0 Å². The Morgan fingerprint density at radius 2 is 2.24 bits per heavy atom. The molecule has 2 heterocycles. The zero-order chi connectivity index (χ0) is 11.7. The first kappa shape index (κ1) is 11.2. The molecule has 0 spiro atoms. The van der Waals surface area contributed by atoms with Crippen LogP contribution in [-0.2, 0) is 11.2 Å². The average Bonchev–Trinajstić information content (AvgIpc) is 2.94. The van der Waals surface area contributed by atoms with Gasteiger partial charge in [-0.25, -0.2) is 0 Å². The molecule has 2 fully saturated rings. The highest BCUT2D eigenvalue weighted by atomic mass is 16.5. The van der Waals surface area contributed by atoms with E-state index in [9.17, 15) is 0 Å². The third-order valence-corrected chi connectivity index (χ3v) is 4.07. The van der Waals surface area contributed by atoms with Gasteiger partial charge < -0.3 is 15.0 Å². The maximum Gasteiger partial charge on any atom is 0.227 e. The van der Waals surface area contributed by atoms with Gasteiger partial charge in [-0.15, -0.1) is 0 Å². The van der Waals surface area contributed by atoms with E-state index in [1.54, 1.807) is 0 Å². The van der Waals surface area contributed by atoms with Crippen LogP contribution in [0.5, 0.6) is 0 Å². The molecule has 0 aromatic carbocycles. The summed E-state index contributed by atoms with van der Waals surface area (Å²) in [5, 5.41) is 4.02. The van der Waals surface area contributed by atoms with Crippen molar-refractivity contribution in [1.29, 1.82) is 0 Å². The van der Waals surface area contributed by atoms with E-state index in [-0.39, 0.29) is 11.5 Å². The van der Waals surface area contributed by atoms with Gasteiger partial charge in [0.1, 0.15) is 6.10 Å². The third kappa shape index (κ3) is 2.09. The lowest BCUT2D eigenvalue weighted by molar-refractivity contribution is 0.102. The Morgan fingerprint density at radius 1 is 1.35 bits per heavy atom. The Labute approximate surface area is 101 Å². The maximum absolute atomic E-state index is 5.83. The van der Waals surface area contributed by atoms with Crippen LogP contribution in [0.3, 0.4) is 0 Å². The molecule has 2 aliphatic rings. The highest BCUT2D eigenvalue weighted by Gasteiger charge is 2.37. The standard InChI is InChI=1S/C12H19N3O2/c13-8-12(4-2-5-12)7-10-14-11(15-17-10)9-3-1-6-16-9/h9H,1-8,13H2. The van der Waals surface area contributed by atoms with Crippen molar-refractivity contribution in [1.82, 2.24) is 10.1 Å². The van der Waals surface area contributed by atoms with E-state index in [1.807, 2.05) is 0 Å². The monoisotopic (exact) mass is 237 g/mol. The van der Waals surface area contributed by atoms with Crippen molar-refractivity contribution in [3.05, 3.63) is 11.7 Å². The first-order valence-corrected chi connectivity index (χ1v) is 6.45. The van der Waals surface area contributed by atoms with Crippen LogP contribution < -0.4 is 5.73 Å². The summed E-state index contributed by atoms with van der Waals surface area (Å²) in [5.41, 5.74) is 6.05. The molecule has 0 amide bonds. The second-order valence-electron chi connectivity index (χ2n) is 5.28. The Morgan fingerprint density at radius 3 is 2.82 bits per heavy atom. The Balaban J connectivity index is 1.67. The van der Waals surface area contributed by atoms with E-state index in [0.717, 1.165) is 31.8 Å². The second kappa shape index (κ2) is 4.38. The van der Waals surface area contributed by atoms with Crippen LogP contribution >= 0.6 is 0 Å². The van der Waals surface area contributed by atoms with E-state index >= 15 is 0 Å². The summed E-state index contributed by atoms with van der Waals surface area (Å²) in [6.07, 6.45) is 6.58. The summed E-state index contributed by atoms with van der Waals surface area (Å²) in [6, 6.07) is 0. The predicted molar refractivity (Wildman–Crippen MR) is 61.3 cm³/mol. The lowest BCUT2D eigenvalue weighted by atomic mass is 9.67. The minimum absolute atomic E-state index is 0.0442. The van der Waals surface area contributed by atoms with Crippen molar-refractivity contribution in [3.8, 4) is 0 Å². The quantitative estimate of drug-likeness (QED) is 0.860. The first-order chi connectivity index (χ1) is 8.31. The summed E-state index contributed by atoms with van der Waals surface area (Å²) in [5.74, 6) is 1.43. The molecule has 1 saturated heterocycles. The SMILES string of the molecule is NCC1(Cc2nc(C3CCCO3)no2)CCC1. The van der Waals surface area contributed by atoms with Gasteiger partial charge in [-0.1, -0.05) is 11.6 Å². The molecule has 0 radical (unpaired) electrons. The van der Waals surface area contributed by atoms with Gasteiger partial charge >= 0.3 is 0 Å². The van der Waals surface area contributed by atoms with E-state index in [4.69, 9.17) is 15.0 Å². The van der Waals surface area contributed by atoms with E-state index in [2.05, 4.69) is 10.1 Å². The van der Waals surface area contributed by atoms with Gasteiger partial charge in [0.25, 0.3) is 0 Å². The molecule has 5 nitrogen and oxygen atoms in total. The fourth-order valence-electron chi connectivity index (χ4n) is 2.70. The first-order valence-electron chi connectivity index (χ1n) is 6.45. The molecule has 17 heavy (non-hydrogen) atoms. The summed E-state index contributed by atoms with van der Waals surface area (Å²) in [7, 11) is 0. The molecule has 3 rings (SSSR count). The number of ether oxygens (including phenoxy) is 1. The van der Waals surface area contributed by atoms with Crippen molar-refractivity contribution < 1.29 is 9.26 Å². The number of hydrogen-bond donors (Lipinski definition) is 1. The number of nitrogens with zero attached hydrogens (tertiary/aromatic N) is 2. The molecule has 1 aromatic rings. The lowest BCUT2D eigenvalue weighted by Crippen LogP contribution is -2.39. The van der Waals surface area contributed by atoms with E-state index < -0.39 is 0 Å². The zero-order valence-electron chi connectivity index (χ0n) is 10.0. The molecule has 0 bridgehead atoms. The van der Waals surface area contributed by atoms with Gasteiger partial charge in [0.2, 0.25) is 11.7 Å². The number of aromatic nitrogens is 2. The largest absolute Gasteiger partial charge is 0.370 e. The molecular weight excluding hydrogens is 218 g/mol. The predicted octanol–water partition coefficient (Wildman–Crippen LogP) is 1.59. The molecule has 1 saturated carbocycles. The van der Waals surface area contributed by atoms with Gasteiger partial charge in [0.15, 0.2) is 0 Å². The third-order valence-electron chi connectivity index (χ3n) is 4.07. The van der Waals surface area contributed by atoms with Gasteiger partial charge in [-0.05, 0) is 37.6 Å². The molecule has 2 N–H and O–H groups in total. The summed E-state index contributed by atoms with van der Waals surface area (Å²) in [4.78, 5) is 4.45. The highest BCUT2D eigenvalue weighted by molar-refractivity contribution is 4.99. The molecule has 1 unspecified atom stereocenters. The smallest absolute Gasteiger partial charge is 0.227 e. The lowest BCUT2D eigenvalue weighted by Gasteiger charge is -2.39. The number of rotatable bonds is 4. The maximum atomic E-state index is 5.83. The molecular formula is C12H19N3O2. The molecule has 1 aliphatic heterocycles. The zero-order valence-corrected chi connectivity index (χ0v) is 10.0. The molecule has 94 valence electrons. The van der Waals surface area contributed by atoms with Crippen molar-refractivity contribution in [2.45, 2.75) is 44.6 Å². The summed E-state index contributed by atoms with van der Waals surface area (Å²) >= 11 is 0. The Hall–Kier alpha value is -0.940. The topological polar surface area (TPSA) is 74.2 Å². The van der Waals surface area contributed by atoms with Crippen LogP contribution in [0.4, 0.5) is 0 Å². The highest BCUT2D eigenvalue weighted by Crippen LogP contribution is 2.42. The van der Waals surface area contributed by atoms with Crippen molar-refractivity contribution >= 4 is 0 Å². The van der Waals surface area contributed by atoms with Crippen molar-refractivity contribution in [3.63, 3.8) is 0 Å². The van der Waals surface area contributed by atoms with Crippen LogP contribution in [0.25, 0.3) is 0 Å². The number of hydrogen-bond acceptors (Lipinski definition) is 5. The number of nitrogens with two attached hydrogens (primary N) is 1. The van der Waals surface area contributed by atoms with Crippen LogP contribution in [0, 0.1) is 5.41 Å². The van der Waals surface area contributed by atoms with Gasteiger partial charge in [0, 0.05) is 13.0 Å². The van der Waals surface area contributed by atoms with Crippen molar-refractivity contribution in [2.24, 2.45) is 11.1 Å². The Bertz CT molecular complexity index is 375. The normalized spacial score (nSPS) is 27.0. The van der Waals surface area contributed by atoms with Crippen LogP contribution in [0.15, 0.2) is 4.52 Å². The van der Waals surface area contributed by atoms with E-state index in [1.165, 1.54) is 19.3 Å². The molecule has 1 atom stereocenters. The fourth-order valence-corrected chi connectivity index (χ4v) is 2.70. The molecule has 1 aliphatic carbocycles. The fraction of sp³-hybridized carbons (Fsp3) is 0.833. The second-order valence-corrected chi connectivity index (χ2v) is 5.28. The van der Waals surface area contributed by atoms with Gasteiger partial charge in [-0.3, -0.25) is 0 Å². The molecule has 5 heteroatoms. The Kier molecular flexibility index (Phi) is 2.88. The van der Waals surface area contributed by atoms with Gasteiger partial charge in [0.05, 0.1) is 0 Å². The van der Waals surface area contributed by atoms with Crippen LogP contribution in [0.1, 0.15) is 49.9 Å². The molecule has 1 aromatic heterocycles. The van der Waals surface area contributed by atoms with Gasteiger partial charge in [-0.2, -0.15) is 4.98 Å².